The number of hydrogen-bond donors (Lipinski definition) is 4. The van der Waals surface area contributed by atoms with E-state index in [4.69, 9.17) is 0 Å². The molecule has 1 saturated heterocycles. The largest absolute Gasteiger partial charge is 0.396 e. The quantitative estimate of drug-likeness (QED) is 0.137. The van der Waals surface area contributed by atoms with Crippen molar-refractivity contribution in [1.82, 2.24) is 4.72 Å². The van der Waals surface area contributed by atoms with Crippen molar-refractivity contribution in [3.05, 3.63) is 101 Å². The van der Waals surface area contributed by atoms with Gasteiger partial charge in [0, 0.05) is 55.3 Å². The number of sulfonamides is 1. The second-order valence-corrected chi connectivity index (χ2v) is 12.9. The predicted molar refractivity (Wildman–Crippen MR) is 171 cm³/mol. The number of amides is 1. The number of carbonyl (C=O) groups is 1. The van der Waals surface area contributed by atoms with E-state index in [-0.39, 0.29) is 49.4 Å². The molecular formula is C35H37FN2O6S. The summed E-state index contributed by atoms with van der Waals surface area (Å²) in [5.41, 5.74) is 3.70. The first-order valence-electron chi connectivity index (χ1n) is 14.7. The average Bonchev–Trinajstić information content (AvgIpc) is 3.02. The lowest BCUT2D eigenvalue weighted by Crippen LogP contribution is -2.55. The summed E-state index contributed by atoms with van der Waals surface area (Å²) in [7, 11) is -3.26. The molecule has 0 saturated carbocycles. The maximum absolute atomic E-state index is 13.5. The van der Waals surface area contributed by atoms with Gasteiger partial charge in [0.15, 0.2) is 0 Å². The van der Waals surface area contributed by atoms with Crippen molar-refractivity contribution in [2.75, 3.05) is 30.9 Å². The van der Waals surface area contributed by atoms with Crippen LogP contribution in [-0.4, -0.2) is 55.7 Å². The fourth-order valence-corrected chi connectivity index (χ4v) is 5.58. The number of rotatable bonds is 12. The van der Waals surface area contributed by atoms with E-state index >= 15 is 0 Å². The Kier molecular flexibility index (Phi) is 11.9. The molecule has 1 amide bonds. The minimum atomic E-state index is -3.26. The molecule has 3 aromatic rings. The Bertz CT molecular complexity index is 1670. The van der Waals surface area contributed by atoms with Gasteiger partial charge in [0.2, 0.25) is 15.9 Å². The van der Waals surface area contributed by atoms with Crippen molar-refractivity contribution >= 4 is 21.6 Å². The van der Waals surface area contributed by atoms with Gasteiger partial charge < -0.3 is 20.2 Å². The number of β-lactam (4-membered cyclic amide) rings is 1. The number of halogens is 1. The molecule has 0 aliphatic carbocycles. The summed E-state index contributed by atoms with van der Waals surface area (Å²) in [5, 5.41) is 29.2. The van der Waals surface area contributed by atoms with Crippen LogP contribution in [0.2, 0.25) is 0 Å². The Labute approximate surface area is 264 Å². The highest BCUT2D eigenvalue weighted by atomic mass is 32.2. The van der Waals surface area contributed by atoms with Crippen LogP contribution in [0.1, 0.15) is 60.1 Å². The molecule has 1 aliphatic rings. The van der Waals surface area contributed by atoms with E-state index in [0.717, 1.165) is 22.9 Å². The van der Waals surface area contributed by atoms with Gasteiger partial charge in [-0.1, -0.05) is 47.9 Å². The van der Waals surface area contributed by atoms with E-state index in [2.05, 4.69) is 28.4 Å². The van der Waals surface area contributed by atoms with E-state index in [1.165, 1.54) is 12.1 Å². The fraction of sp³-hybridized carbons (Fsp3) is 0.343. The lowest BCUT2D eigenvalue weighted by molar-refractivity contribution is -0.131. The van der Waals surface area contributed by atoms with Gasteiger partial charge in [-0.25, -0.2) is 17.5 Å². The maximum Gasteiger partial charge on any atom is 0.233 e. The Morgan fingerprint density at radius 3 is 2.11 bits per heavy atom. The van der Waals surface area contributed by atoms with Gasteiger partial charge in [-0.05, 0) is 72.5 Å². The smallest absolute Gasteiger partial charge is 0.233 e. The molecule has 0 unspecified atom stereocenters. The number of carbonyl (C=O) groups excluding carboxylic acids is 1. The van der Waals surface area contributed by atoms with Crippen molar-refractivity contribution in [1.29, 1.82) is 0 Å². The second kappa shape index (κ2) is 15.8. The molecule has 236 valence electrons. The molecular weight excluding hydrogens is 595 g/mol. The standard InChI is InChI=1S/C35H37FN2O6S/c1-45(43,44)37-22-3-2-5-25-10-18-31(19-11-25)38-34(29-12-8-26(9-13-29)6-4-7-27(23-39)24-40)32(35(38)42)20-21-33(41)28-14-16-30(36)17-15-28/h8-19,27,32-34,37,39-41H,3,7,20-24H2,1H3/t32-,33+,34-/m1/s1. The highest BCUT2D eigenvalue weighted by Gasteiger charge is 2.48. The van der Waals surface area contributed by atoms with Crippen molar-refractivity contribution in [2.24, 2.45) is 11.8 Å². The number of benzene rings is 3. The van der Waals surface area contributed by atoms with Crippen LogP contribution in [0.15, 0.2) is 72.8 Å². The predicted octanol–water partition coefficient (Wildman–Crippen LogP) is 3.68. The minimum absolute atomic E-state index is 0.0695. The molecule has 8 nitrogen and oxygen atoms in total. The number of aliphatic hydroxyl groups is 3. The van der Waals surface area contributed by atoms with Crippen LogP contribution >= 0.6 is 0 Å². The van der Waals surface area contributed by atoms with Crippen LogP contribution in [0.3, 0.4) is 0 Å². The van der Waals surface area contributed by atoms with Crippen LogP contribution < -0.4 is 9.62 Å². The first-order valence-corrected chi connectivity index (χ1v) is 16.6. The number of hydrogen-bond acceptors (Lipinski definition) is 6. The molecule has 1 aliphatic heterocycles. The first kappa shape index (κ1) is 33.9. The fourth-order valence-electron chi connectivity index (χ4n) is 5.10. The van der Waals surface area contributed by atoms with Gasteiger partial charge in [-0.3, -0.25) is 4.79 Å². The van der Waals surface area contributed by atoms with E-state index < -0.39 is 16.1 Å². The van der Waals surface area contributed by atoms with Gasteiger partial charge in [-0.15, -0.1) is 0 Å². The van der Waals surface area contributed by atoms with Crippen LogP contribution in [-0.2, 0) is 14.8 Å². The Hall–Kier alpha value is -4.03. The van der Waals surface area contributed by atoms with Crippen LogP contribution in [0.25, 0.3) is 0 Å². The lowest BCUT2D eigenvalue weighted by Gasteiger charge is -2.48. The molecule has 1 heterocycles. The van der Waals surface area contributed by atoms with Crippen molar-refractivity contribution in [3.8, 4) is 23.7 Å². The zero-order valence-electron chi connectivity index (χ0n) is 25.0. The van der Waals surface area contributed by atoms with Gasteiger partial charge in [0.05, 0.1) is 24.3 Å². The number of nitrogens with one attached hydrogen (secondary N) is 1. The summed E-state index contributed by atoms with van der Waals surface area (Å²) >= 11 is 0. The molecule has 0 aromatic heterocycles. The van der Waals surface area contributed by atoms with Gasteiger partial charge in [0.1, 0.15) is 5.82 Å². The van der Waals surface area contributed by atoms with Gasteiger partial charge in [-0.2, -0.15) is 0 Å². The van der Waals surface area contributed by atoms with Crippen LogP contribution in [0.5, 0.6) is 0 Å². The van der Waals surface area contributed by atoms with Gasteiger partial charge in [0.25, 0.3) is 0 Å². The SMILES string of the molecule is CS(=O)(=O)NCCC#Cc1ccc(N2C(=O)[C@H](CC[C@H](O)c3ccc(F)cc3)[C@H]2c2ccc(C#CCC(CO)CO)cc2)cc1. The summed E-state index contributed by atoms with van der Waals surface area (Å²) in [5.74, 6) is 10.9. The average molecular weight is 633 g/mol. The zero-order chi connectivity index (χ0) is 32.4. The molecule has 0 bridgehead atoms. The summed E-state index contributed by atoms with van der Waals surface area (Å²) in [6, 6.07) is 20.3. The summed E-state index contributed by atoms with van der Waals surface area (Å²) in [4.78, 5) is 15.3. The zero-order valence-corrected chi connectivity index (χ0v) is 25.8. The molecule has 4 N–H and O–H groups in total. The molecule has 3 atom stereocenters. The van der Waals surface area contributed by atoms with Crippen LogP contribution in [0.4, 0.5) is 10.1 Å². The lowest BCUT2D eigenvalue weighted by atomic mass is 9.78. The normalized spacial score (nSPS) is 16.8. The monoisotopic (exact) mass is 632 g/mol. The summed E-state index contributed by atoms with van der Waals surface area (Å²) in [6.07, 6.45) is 1.74. The van der Waals surface area contributed by atoms with Crippen LogP contribution in [0, 0.1) is 41.3 Å². The van der Waals surface area contributed by atoms with Crippen molar-refractivity contribution in [3.63, 3.8) is 0 Å². The van der Waals surface area contributed by atoms with E-state index in [1.807, 2.05) is 48.5 Å². The summed E-state index contributed by atoms with van der Waals surface area (Å²) in [6.45, 7) is -0.0476. The van der Waals surface area contributed by atoms with E-state index in [9.17, 15) is 32.9 Å². The molecule has 0 spiro atoms. The second-order valence-electron chi connectivity index (χ2n) is 11.0. The topological polar surface area (TPSA) is 127 Å². The van der Waals surface area contributed by atoms with E-state index in [0.29, 0.717) is 36.9 Å². The number of aliphatic hydroxyl groups excluding tert-OH is 3. The highest BCUT2D eigenvalue weighted by molar-refractivity contribution is 7.88. The molecule has 4 rings (SSSR count). The maximum atomic E-state index is 13.5. The third kappa shape index (κ3) is 9.48. The molecule has 1 fully saturated rings. The first-order chi connectivity index (χ1) is 21.6. The molecule has 45 heavy (non-hydrogen) atoms. The number of anilines is 1. The van der Waals surface area contributed by atoms with Crippen molar-refractivity contribution < 1.29 is 32.9 Å². The Balaban J connectivity index is 1.51. The molecule has 0 radical (unpaired) electrons. The molecule has 3 aromatic carbocycles. The van der Waals surface area contributed by atoms with Crippen molar-refractivity contribution in [2.45, 2.75) is 37.8 Å². The third-order valence-corrected chi connectivity index (χ3v) is 8.33. The third-order valence-electron chi connectivity index (χ3n) is 7.60. The van der Waals surface area contributed by atoms with E-state index in [1.54, 1.807) is 17.0 Å². The number of nitrogens with zero attached hydrogens (tertiary/aromatic N) is 1. The Morgan fingerprint density at radius 1 is 0.911 bits per heavy atom. The molecule has 10 heteroatoms. The Morgan fingerprint density at radius 2 is 1.51 bits per heavy atom. The van der Waals surface area contributed by atoms with Gasteiger partial charge >= 0.3 is 0 Å². The minimum Gasteiger partial charge on any atom is -0.396 e. The highest BCUT2D eigenvalue weighted by Crippen LogP contribution is 2.46. The summed E-state index contributed by atoms with van der Waals surface area (Å²) < 4.78 is 38.1.